The SMILES string of the molecule is C/C=C\C(=O)OCCN1CCCC1=O.COC(C)=O. The number of methoxy groups -OCH3 is 1. The van der Waals surface area contributed by atoms with Gasteiger partial charge in [0.2, 0.25) is 5.91 Å². The van der Waals surface area contributed by atoms with Crippen molar-refractivity contribution in [2.24, 2.45) is 0 Å². The third-order valence-electron chi connectivity index (χ3n) is 2.37. The van der Waals surface area contributed by atoms with E-state index < -0.39 is 0 Å². The Morgan fingerprint density at radius 2 is 2.05 bits per heavy atom. The normalized spacial score (nSPS) is 14.1. The van der Waals surface area contributed by atoms with E-state index in [1.54, 1.807) is 17.9 Å². The van der Waals surface area contributed by atoms with Crippen LogP contribution in [0.5, 0.6) is 0 Å². The molecule has 0 bridgehead atoms. The smallest absolute Gasteiger partial charge is 0.330 e. The number of allylic oxidation sites excluding steroid dienone is 1. The highest BCUT2D eigenvalue weighted by Crippen LogP contribution is 2.08. The molecule has 0 atom stereocenters. The standard InChI is InChI=1S/C10H15NO3.C3H6O2/c1-2-4-10(13)14-8-7-11-6-3-5-9(11)12;1-3(4)5-2/h2,4H,3,5-8H2,1H3;1-2H3/b4-2-;. The van der Waals surface area contributed by atoms with Crippen molar-refractivity contribution in [3.05, 3.63) is 12.2 Å². The first-order valence-electron chi connectivity index (χ1n) is 6.13. The van der Waals surface area contributed by atoms with E-state index in [0.717, 1.165) is 13.0 Å². The maximum absolute atomic E-state index is 11.1. The van der Waals surface area contributed by atoms with Gasteiger partial charge in [-0.2, -0.15) is 0 Å². The molecule has 0 N–H and O–H groups in total. The van der Waals surface area contributed by atoms with Gasteiger partial charge < -0.3 is 14.4 Å². The predicted octanol–water partition coefficient (Wildman–Crippen LogP) is 0.907. The van der Waals surface area contributed by atoms with Crippen LogP contribution in [-0.4, -0.2) is 49.6 Å². The summed E-state index contributed by atoms with van der Waals surface area (Å²) in [6.07, 6.45) is 4.54. The van der Waals surface area contributed by atoms with Crippen LogP contribution in [0, 0.1) is 0 Å². The number of nitrogens with zero attached hydrogens (tertiary/aromatic N) is 1. The fourth-order valence-electron chi connectivity index (χ4n) is 1.38. The van der Waals surface area contributed by atoms with Crippen LogP contribution in [0.15, 0.2) is 12.2 Å². The molecule has 0 unspecified atom stereocenters. The molecule has 108 valence electrons. The molecule has 1 heterocycles. The van der Waals surface area contributed by atoms with Crippen LogP contribution in [-0.2, 0) is 23.9 Å². The fourth-order valence-corrected chi connectivity index (χ4v) is 1.38. The van der Waals surface area contributed by atoms with E-state index in [4.69, 9.17) is 4.74 Å². The molecule has 0 aromatic carbocycles. The first-order valence-corrected chi connectivity index (χ1v) is 6.13. The van der Waals surface area contributed by atoms with Crippen LogP contribution in [0.25, 0.3) is 0 Å². The first-order chi connectivity index (χ1) is 9.01. The second-order valence-electron chi connectivity index (χ2n) is 3.85. The largest absolute Gasteiger partial charge is 0.469 e. The minimum Gasteiger partial charge on any atom is -0.469 e. The lowest BCUT2D eigenvalue weighted by atomic mass is 10.4. The summed E-state index contributed by atoms with van der Waals surface area (Å²) in [4.78, 5) is 33.3. The summed E-state index contributed by atoms with van der Waals surface area (Å²) in [5.74, 6) is -0.434. The molecule has 0 aromatic rings. The number of likely N-dealkylation sites (tertiary alicyclic amines) is 1. The van der Waals surface area contributed by atoms with Gasteiger partial charge in [0.25, 0.3) is 0 Å². The molecule has 0 spiro atoms. The van der Waals surface area contributed by atoms with Crippen molar-refractivity contribution in [2.45, 2.75) is 26.7 Å². The maximum Gasteiger partial charge on any atom is 0.330 e. The van der Waals surface area contributed by atoms with Gasteiger partial charge in [0.05, 0.1) is 13.7 Å². The fraction of sp³-hybridized carbons (Fsp3) is 0.615. The van der Waals surface area contributed by atoms with Crippen molar-refractivity contribution in [3.8, 4) is 0 Å². The van der Waals surface area contributed by atoms with Crippen LogP contribution >= 0.6 is 0 Å². The summed E-state index contributed by atoms with van der Waals surface area (Å²) in [5, 5.41) is 0. The monoisotopic (exact) mass is 271 g/mol. The van der Waals surface area contributed by atoms with Crippen molar-refractivity contribution in [1.29, 1.82) is 0 Å². The van der Waals surface area contributed by atoms with Gasteiger partial charge >= 0.3 is 11.9 Å². The number of hydrogen-bond acceptors (Lipinski definition) is 5. The van der Waals surface area contributed by atoms with E-state index in [9.17, 15) is 14.4 Å². The minimum absolute atomic E-state index is 0.159. The number of rotatable bonds is 4. The summed E-state index contributed by atoms with van der Waals surface area (Å²) in [5.41, 5.74) is 0. The van der Waals surface area contributed by atoms with Gasteiger partial charge in [-0.15, -0.1) is 0 Å². The van der Waals surface area contributed by atoms with Crippen LogP contribution in [0.1, 0.15) is 26.7 Å². The Kier molecular flexibility index (Phi) is 9.12. The lowest BCUT2D eigenvalue weighted by molar-refractivity contribution is -0.140. The quantitative estimate of drug-likeness (QED) is 0.561. The molecule has 0 aromatic heterocycles. The third-order valence-corrected chi connectivity index (χ3v) is 2.37. The lowest BCUT2D eigenvalue weighted by Gasteiger charge is -2.14. The number of esters is 2. The van der Waals surface area contributed by atoms with E-state index in [0.29, 0.717) is 13.0 Å². The molecule has 19 heavy (non-hydrogen) atoms. The molecule has 6 heteroatoms. The van der Waals surface area contributed by atoms with Crippen molar-refractivity contribution >= 4 is 17.8 Å². The summed E-state index contributed by atoms with van der Waals surface area (Å²) < 4.78 is 8.98. The van der Waals surface area contributed by atoms with Crippen LogP contribution in [0.2, 0.25) is 0 Å². The molecule has 0 aliphatic carbocycles. The van der Waals surface area contributed by atoms with Gasteiger partial charge in [-0.25, -0.2) is 4.79 Å². The Balaban J connectivity index is 0.000000555. The number of carbonyl (C=O) groups is 3. The van der Waals surface area contributed by atoms with Gasteiger partial charge in [0.1, 0.15) is 6.61 Å². The van der Waals surface area contributed by atoms with Gasteiger partial charge in [-0.3, -0.25) is 9.59 Å². The van der Waals surface area contributed by atoms with Gasteiger partial charge in [-0.05, 0) is 13.3 Å². The molecule has 6 nitrogen and oxygen atoms in total. The highest BCUT2D eigenvalue weighted by atomic mass is 16.5. The van der Waals surface area contributed by atoms with Crippen LogP contribution in [0.4, 0.5) is 0 Å². The van der Waals surface area contributed by atoms with Crippen molar-refractivity contribution in [3.63, 3.8) is 0 Å². The Hall–Kier alpha value is -1.85. The highest BCUT2D eigenvalue weighted by Gasteiger charge is 2.19. The van der Waals surface area contributed by atoms with Gasteiger partial charge in [0, 0.05) is 26.0 Å². The second kappa shape index (κ2) is 10.1. The zero-order valence-corrected chi connectivity index (χ0v) is 11.7. The zero-order chi connectivity index (χ0) is 14.7. The topological polar surface area (TPSA) is 72.9 Å². The first kappa shape index (κ1) is 17.2. The lowest BCUT2D eigenvalue weighted by Crippen LogP contribution is -2.29. The molecule has 1 saturated heterocycles. The summed E-state index contributed by atoms with van der Waals surface area (Å²) in [6, 6.07) is 0. The van der Waals surface area contributed by atoms with E-state index in [1.165, 1.54) is 20.1 Å². The number of ether oxygens (including phenoxy) is 2. The molecular weight excluding hydrogens is 250 g/mol. The average Bonchev–Trinajstić information content (AvgIpc) is 2.76. The molecular formula is C13H21NO5. The molecule has 0 saturated carbocycles. The third kappa shape index (κ3) is 8.82. The number of amides is 1. The Labute approximate surface area is 113 Å². The maximum atomic E-state index is 11.1. The van der Waals surface area contributed by atoms with Gasteiger partial charge in [0.15, 0.2) is 0 Å². The second-order valence-corrected chi connectivity index (χ2v) is 3.85. The summed E-state index contributed by atoms with van der Waals surface area (Å²) in [7, 11) is 1.35. The Morgan fingerprint density at radius 1 is 1.42 bits per heavy atom. The van der Waals surface area contributed by atoms with Crippen LogP contribution < -0.4 is 0 Å². The molecule has 1 rings (SSSR count). The molecule has 0 radical (unpaired) electrons. The molecule has 1 aliphatic rings. The van der Waals surface area contributed by atoms with Crippen molar-refractivity contribution < 1.29 is 23.9 Å². The molecule has 1 amide bonds. The van der Waals surface area contributed by atoms with E-state index in [-0.39, 0.29) is 24.5 Å². The van der Waals surface area contributed by atoms with Gasteiger partial charge in [-0.1, -0.05) is 6.08 Å². The molecule has 1 aliphatic heterocycles. The highest BCUT2D eigenvalue weighted by molar-refractivity contribution is 5.81. The molecule has 1 fully saturated rings. The zero-order valence-electron chi connectivity index (χ0n) is 11.7. The predicted molar refractivity (Wildman–Crippen MR) is 69.3 cm³/mol. The van der Waals surface area contributed by atoms with E-state index in [2.05, 4.69) is 4.74 Å². The average molecular weight is 271 g/mol. The minimum atomic E-state index is -0.348. The van der Waals surface area contributed by atoms with E-state index >= 15 is 0 Å². The van der Waals surface area contributed by atoms with Crippen LogP contribution in [0.3, 0.4) is 0 Å². The number of hydrogen-bond donors (Lipinski definition) is 0. The van der Waals surface area contributed by atoms with Crippen molar-refractivity contribution in [2.75, 3.05) is 26.8 Å². The Morgan fingerprint density at radius 3 is 2.47 bits per heavy atom. The van der Waals surface area contributed by atoms with E-state index in [1.807, 2.05) is 0 Å². The number of carbonyl (C=O) groups excluding carboxylic acids is 3. The van der Waals surface area contributed by atoms with Crippen molar-refractivity contribution in [1.82, 2.24) is 4.90 Å². The Bertz CT molecular complexity index is 338. The summed E-state index contributed by atoms with van der Waals surface area (Å²) in [6.45, 7) is 4.71. The summed E-state index contributed by atoms with van der Waals surface area (Å²) >= 11 is 0.